The SMILES string of the molecule is C[C@@H](CSS)O[C@H](COC(=O)CCC(=O)O)CN(C(C)(C)C)S(C)(=O)=O. The summed E-state index contributed by atoms with van der Waals surface area (Å²) in [4.78, 5) is 22.2. The molecular formula is C15H29NO7S3. The number of carboxylic acid groups (broad SMARTS) is 1. The van der Waals surface area contributed by atoms with Crippen molar-refractivity contribution < 1.29 is 32.6 Å². The van der Waals surface area contributed by atoms with E-state index in [9.17, 15) is 18.0 Å². The molecule has 154 valence electrons. The number of aliphatic carboxylic acids is 1. The zero-order valence-corrected chi connectivity index (χ0v) is 18.3. The van der Waals surface area contributed by atoms with Crippen molar-refractivity contribution in [3.63, 3.8) is 0 Å². The molecule has 1 N–H and O–H groups in total. The van der Waals surface area contributed by atoms with Crippen LogP contribution in [-0.4, -0.2) is 72.7 Å². The molecule has 0 aliphatic heterocycles. The van der Waals surface area contributed by atoms with Crippen LogP contribution in [0, 0.1) is 0 Å². The first-order chi connectivity index (χ1) is 11.8. The fourth-order valence-electron chi connectivity index (χ4n) is 2.17. The summed E-state index contributed by atoms with van der Waals surface area (Å²) in [6.07, 6.45) is -0.385. The van der Waals surface area contributed by atoms with Gasteiger partial charge >= 0.3 is 11.9 Å². The molecule has 0 aromatic heterocycles. The molecule has 2 atom stereocenters. The van der Waals surface area contributed by atoms with E-state index in [1.807, 2.05) is 6.92 Å². The average molecular weight is 432 g/mol. The van der Waals surface area contributed by atoms with Crippen molar-refractivity contribution in [3.8, 4) is 0 Å². The van der Waals surface area contributed by atoms with E-state index in [1.165, 1.54) is 15.1 Å². The molecule has 0 rings (SSSR count). The van der Waals surface area contributed by atoms with Gasteiger partial charge in [-0.2, -0.15) is 4.31 Å². The lowest BCUT2D eigenvalue weighted by molar-refractivity contribution is -0.152. The lowest BCUT2D eigenvalue weighted by Gasteiger charge is -2.36. The summed E-state index contributed by atoms with van der Waals surface area (Å²) in [6.45, 7) is 6.94. The minimum Gasteiger partial charge on any atom is -0.481 e. The van der Waals surface area contributed by atoms with Crippen LogP contribution in [0.4, 0.5) is 0 Å². The van der Waals surface area contributed by atoms with Crippen LogP contribution < -0.4 is 0 Å². The Morgan fingerprint density at radius 1 is 1.27 bits per heavy atom. The van der Waals surface area contributed by atoms with Crippen LogP contribution in [0.25, 0.3) is 0 Å². The van der Waals surface area contributed by atoms with Gasteiger partial charge in [-0.15, -0.1) is 11.7 Å². The Morgan fingerprint density at radius 2 is 1.85 bits per heavy atom. The Morgan fingerprint density at radius 3 is 2.27 bits per heavy atom. The first kappa shape index (κ1) is 25.5. The third-order valence-corrected chi connectivity index (χ3v) is 5.79. The van der Waals surface area contributed by atoms with Crippen LogP contribution >= 0.6 is 22.5 Å². The summed E-state index contributed by atoms with van der Waals surface area (Å²) < 4.78 is 36.4. The molecule has 0 bridgehead atoms. The number of rotatable bonds is 12. The van der Waals surface area contributed by atoms with Gasteiger partial charge in [-0.25, -0.2) is 8.42 Å². The van der Waals surface area contributed by atoms with Crippen molar-refractivity contribution in [1.29, 1.82) is 0 Å². The number of nitrogens with zero attached hydrogens (tertiary/aromatic N) is 1. The van der Waals surface area contributed by atoms with Crippen LogP contribution in [0.3, 0.4) is 0 Å². The molecule has 11 heteroatoms. The van der Waals surface area contributed by atoms with Crippen molar-refractivity contribution in [1.82, 2.24) is 4.31 Å². The molecule has 0 fully saturated rings. The molecule has 0 aromatic rings. The summed E-state index contributed by atoms with van der Waals surface area (Å²) >= 11 is 4.07. The smallest absolute Gasteiger partial charge is 0.306 e. The topological polar surface area (TPSA) is 110 Å². The first-order valence-electron chi connectivity index (χ1n) is 8.04. The van der Waals surface area contributed by atoms with E-state index in [0.29, 0.717) is 5.75 Å². The lowest BCUT2D eigenvalue weighted by Crippen LogP contribution is -2.50. The second kappa shape index (κ2) is 11.4. The van der Waals surface area contributed by atoms with Gasteiger partial charge in [0.1, 0.15) is 12.7 Å². The third-order valence-electron chi connectivity index (χ3n) is 3.23. The summed E-state index contributed by atoms with van der Waals surface area (Å²) in [5.41, 5.74) is -0.677. The average Bonchev–Trinajstić information content (AvgIpc) is 2.45. The zero-order valence-electron chi connectivity index (χ0n) is 15.8. The monoisotopic (exact) mass is 431 g/mol. The van der Waals surface area contributed by atoms with E-state index in [1.54, 1.807) is 20.8 Å². The minimum absolute atomic E-state index is 0.0100. The van der Waals surface area contributed by atoms with Crippen molar-refractivity contribution in [2.75, 3.05) is 25.2 Å². The molecule has 0 aliphatic rings. The van der Waals surface area contributed by atoms with Crippen LogP contribution in [-0.2, 0) is 29.1 Å². The highest BCUT2D eigenvalue weighted by molar-refractivity contribution is 8.68. The second-order valence-corrected chi connectivity index (χ2v) is 10.2. The van der Waals surface area contributed by atoms with Crippen molar-refractivity contribution in [2.45, 2.75) is 58.3 Å². The Bertz CT molecular complexity index is 560. The number of carboxylic acids is 1. The molecule has 8 nitrogen and oxygen atoms in total. The Kier molecular flexibility index (Phi) is 11.2. The van der Waals surface area contributed by atoms with Crippen LogP contribution in [0.1, 0.15) is 40.5 Å². The molecular weight excluding hydrogens is 402 g/mol. The van der Waals surface area contributed by atoms with Gasteiger partial charge in [-0.1, -0.05) is 10.8 Å². The number of hydrogen-bond donors (Lipinski definition) is 2. The van der Waals surface area contributed by atoms with Crippen LogP contribution in [0.2, 0.25) is 0 Å². The predicted octanol–water partition coefficient (Wildman–Crippen LogP) is 1.81. The number of ether oxygens (including phenoxy) is 2. The normalized spacial score (nSPS) is 14.9. The molecule has 0 radical (unpaired) electrons. The molecule has 0 unspecified atom stereocenters. The number of sulfonamides is 1. The first-order valence-corrected chi connectivity index (χ1v) is 11.9. The van der Waals surface area contributed by atoms with Gasteiger partial charge in [0.15, 0.2) is 0 Å². The quantitative estimate of drug-likeness (QED) is 0.273. The van der Waals surface area contributed by atoms with Gasteiger partial charge in [0.05, 0.1) is 25.2 Å². The van der Waals surface area contributed by atoms with E-state index in [0.717, 1.165) is 6.26 Å². The van der Waals surface area contributed by atoms with Gasteiger partial charge in [0, 0.05) is 17.8 Å². The molecule has 0 saturated heterocycles. The highest BCUT2D eigenvalue weighted by Gasteiger charge is 2.33. The van der Waals surface area contributed by atoms with Gasteiger partial charge in [-0.3, -0.25) is 9.59 Å². The maximum Gasteiger partial charge on any atom is 0.306 e. The zero-order chi connectivity index (χ0) is 20.5. The third kappa shape index (κ3) is 11.3. The number of hydrogen-bond acceptors (Lipinski definition) is 8. The van der Waals surface area contributed by atoms with E-state index >= 15 is 0 Å². The minimum atomic E-state index is -3.51. The fourth-order valence-corrected chi connectivity index (χ4v) is 4.52. The number of carbonyl (C=O) groups excluding carboxylic acids is 1. The van der Waals surface area contributed by atoms with Gasteiger partial charge in [0.2, 0.25) is 10.0 Å². The summed E-state index contributed by atoms with van der Waals surface area (Å²) in [5, 5.41) is 8.60. The standard InChI is InChI=1S/C15H29NO7S3/c1-11(10-25-24)23-12(9-22-14(19)7-6-13(17)18)8-16(15(2,3)4)26(5,20)21/h11-12,24H,6-10H2,1-5H3,(H,17,18)/t11-,12-/m0/s1. The highest BCUT2D eigenvalue weighted by atomic mass is 33.1. The van der Waals surface area contributed by atoms with Gasteiger partial charge < -0.3 is 14.6 Å². The van der Waals surface area contributed by atoms with Crippen molar-refractivity contribution in [3.05, 3.63) is 0 Å². The van der Waals surface area contributed by atoms with E-state index in [-0.39, 0.29) is 32.1 Å². The van der Waals surface area contributed by atoms with E-state index in [2.05, 4.69) is 11.7 Å². The molecule has 0 heterocycles. The maximum absolute atomic E-state index is 12.1. The fraction of sp³-hybridized carbons (Fsp3) is 0.867. The molecule has 0 spiro atoms. The molecule has 0 amide bonds. The Hall–Kier alpha value is -0.490. The van der Waals surface area contributed by atoms with Crippen LogP contribution in [0.15, 0.2) is 0 Å². The second-order valence-electron chi connectivity index (χ2n) is 6.91. The van der Waals surface area contributed by atoms with E-state index in [4.69, 9.17) is 14.6 Å². The molecule has 0 aliphatic carbocycles. The van der Waals surface area contributed by atoms with Crippen molar-refractivity contribution >= 4 is 44.4 Å². The Labute approximate surface area is 164 Å². The largest absolute Gasteiger partial charge is 0.481 e. The molecule has 0 aromatic carbocycles. The van der Waals surface area contributed by atoms with Crippen molar-refractivity contribution in [2.24, 2.45) is 0 Å². The summed E-state index contributed by atoms with van der Waals surface area (Å²) in [5.74, 6) is -1.19. The molecule has 0 saturated carbocycles. The highest BCUT2D eigenvalue weighted by Crippen LogP contribution is 2.20. The number of carbonyl (C=O) groups is 2. The summed E-state index contributed by atoms with van der Waals surface area (Å²) in [6, 6.07) is 0. The number of thiol groups is 1. The van der Waals surface area contributed by atoms with Gasteiger partial charge in [-0.05, 0) is 27.7 Å². The lowest BCUT2D eigenvalue weighted by atomic mass is 10.1. The molecule has 26 heavy (non-hydrogen) atoms. The maximum atomic E-state index is 12.1. The predicted molar refractivity (Wildman–Crippen MR) is 105 cm³/mol. The Balaban J connectivity index is 5.09. The summed E-state index contributed by atoms with van der Waals surface area (Å²) in [7, 11) is -2.23. The van der Waals surface area contributed by atoms with Gasteiger partial charge in [0.25, 0.3) is 0 Å². The van der Waals surface area contributed by atoms with E-state index < -0.39 is 33.6 Å². The number of esters is 1. The van der Waals surface area contributed by atoms with Crippen LogP contribution in [0.5, 0.6) is 0 Å².